The fraction of sp³-hybridized carbons (Fsp3) is 0.350. The minimum absolute atomic E-state index is 0.123. The van der Waals surface area contributed by atoms with E-state index in [2.05, 4.69) is 26.0 Å². The Balaban J connectivity index is 1.89. The summed E-state index contributed by atoms with van der Waals surface area (Å²) in [4.78, 5) is 12.4. The first-order valence-electron chi connectivity index (χ1n) is 7.83. The molecule has 0 spiro atoms. The quantitative estimate of drug-likeness (QED) is 0.648. The van der Waals surface area contributed by atoms with E-state index in [-0.39, 0.29) is 11.2 Å². The number of hydrogen-bond donors (Lipinski definition) is 0. The lowest BCUT2D eigenvalue weighted by Gasteiger charge is -2.27. The Morgan fingerprint density at radius 2 is 1.59 bits per heavy atom. The number of rotatable bonds is 8. The molecule has 0 bridgehead atoms. The lowest BCUT2D eigenvalue weighted by Crippen LogP contribution is -2.26. The van der Waals surface area contributed by atoms with E-state index in [4.69, 9.17) is 4.74 Å². The van der Waals surface area contributed by atoms with E-state index < -0.39 is 0 Å². The highest BCUT2D eigenvalue weighted by Crippen LogP contribution is 2.28. The second-order valence-corrected chi connectivity index (χ2v) is 6.11. The molecule has 0 saturated carbocycles. The molecule has 0 fully saturated rings. The van der Waals surface area contributed by atoms with Crippen LogP contribution in [0.2, 0.25) is 0 Å². The van der Waals surface area contributed by atoms with Gasteiger partial charge in [0.05, 0.1) is 13.2 Å². The molecule has 2 rings (SSSR count). The van der Waals surface area contributed by atoms with Crippen molar-refractivity contribution in [1.29, 1.82) is 0 Å². The number of ether oxygens (including phenoxy) is 1. The Morgan fingerprint density at radius 3 is 2.18 bits per heavy atom. The van der Waals surface area contributed by atoms with Crippen molar-refractivity contribution in [1.82, 2.24) is 0 Å². The molecule has 0 aliphatic carbocycles. The standard InChI is InChI=1S/C20H24O2/c1-3-20(2,14-19(21)18-12-8-5-9-13-18)16-22-15-17-10-6-4-7-11-17/h4-13H,3,14-16H2,1-2H3/t20-/m1/s1. The topological polar surface area (TPSA) is 26.3 Å². The summed E-state index contributed by atoms with van der Waals surface area (Å²) >= 11 is 0. The van der Waals surface area contributed by atoms with Crippen LogP contribution in [0.5, 0.6) is 0 Å². The molecule has 0 amide bonds. The van der Waals surface area contributed by atoms with Gasteiger partial charge in [-0.15, -0.1) is 0 Å². The van der Waals surface area contributed by atoms with E-state index in [1.807, 2.05) is 48.5 Å². The zero-order chi connectivity index (χ0) is 15.8. The highest BCUT2D eigenvalue weighted by atomic mass is 16.5. The maximum absolute atomic E-state index is 12.4. The highest BCUT2D eigenvalue weighted by molar-refractivity contribution is 5.96. The number of hydrogen-bond acceptors (Lipinski definition) is 2. The minimum atomic E-state index is -0.123. The zero-order valence-electron chi connectivity index (χ0n) is 13.4. The van der Waals surface area contributed by atoms with Gasteiger partial charge in [0, 0.05) is 12.0 Å². The van der Waals surface area contributed by atoms with Gasteiger partial charge in [-0.2, -0.15) is 0 Å². The van der Waals surface area contributed by atoms with E-state index in [0.717, 1.165) is 17.5 Å². The van der Waals surface area contributed by atoms with Gasteiger partial charge < -0.3 is 4.74 Å². The molecule has 0 aliphatic rings. The van der Waals surface area contributed by atoms with Crippen LogP contribution in [0.1, 0.15) is 42.6 Å². The highest BCUT2D eigenvalue weighted by Gasteiger charge is 2.26. The van der Waals surface area contributed by atoms with Crippen molar-refractivity contribution in [3.05, 3.63) is 71.8 Å². The molecule has 116 valence electrons. The summed E-state index contributed by atoms with van der Waals surface area (Å²) in [7, 11) is 0. The largest absolute Gasteiger partial charge is 0.376 e. The molecule has 0 N–H and O–H groups in total. The molecular formula is C20H24O2. The molecule has 2 heteroatoms. The summed E-state index contributed by atoms with van der Waals surface area (Å²) in [5.74, 6) is 0.188. The lowest BCUT2D eigenvalue weighted by atomic mass is 9.82. The van der Waals surface area contributed by atoms with E-state index in [9.17, 15) is 4.79 Å². The average Bonchev–Trinajstić information content (AvgIpc) is 2.56. The molecule has 2 nitrogen and oxygen atoms in total. The fourth-order valence-electron chi connectivity index (χ4n) is 2.38. The minimum Gasteiger partial charge on any atom is -0.376 e. The summed E-state index contributed by atoms with van der Waals surface area (Å²) < 4.78 is 5.86. The first kappa shape index (κ1) is 16.4. The van der Waals surface area contributed by atoms with Gasteiger partial charge in [-0.25, -0.2) is 0 Å². The van der Waals surface area contributed by atoms with E-state index >= 15 is 0 Å². The maximum atomic E-state index is 12.4. The number of carbonyl (C=O) groups is 1. The average molecular weight is 296 g/mol. The van der Waals surface area contributed by atoms with Crippen LogP contribution in [0.4, 0.5) is 0 Å². The summed E-state index contributed by atoms with van der Waals surface area (Å²) in [5, 5.41) is 0. The molecule has 0 heterocycles. The molecule has 0 aliphatic heterocycles. The second kappa shape index (κ2) is 7.90. The van der Waals surface area contributed by atoms with Gasteiger partial charge in [-0.05, 0) is 17.4 Å². The van der Waals surface area contributed by atoms with Crippen molar-refractivity contribution in [3.8, 4) is 0 Å². The van der Waals surface area contributed by atoms with Gasteiger partial charge >= 0.3 is 0 Å². The number of Topliss-reactive ketones (excluding diaryl/α,β-unsaturated/α-hetero) is 1. The van der Waals surface area contributed by atoms with Crippen LogP contribution in [0.3, 0.4) is 0 Å². The normalized spacial score (nSPS) is 13.5. The van der Waals surface area contributed by atoms with Gasteiger partial charge in [-0.1, -0.05) is 74.5 Å². The van der Waals surface area contributed by atoms with Gasteiger partial charge in [0.15, 0.2) is 5.78 Å². The first-order valence-corrected chi connectivity index (χ1v) is 7.83. The van der Waals surface area contributed by atoms with Crippen LogP contribution in [0.15, 0.2) is 60.7 Å². The zero-order valence-corrected chi connectivity index (χ0v) is 13.4. The van der Waals surface area contributed by atoms with Crippen molar-refractivity contribution in [3.63, 3.8) is 0 Å². The summed E-state index contributed by atoms with van der Waals surface area (Å²) in [6.07, 6.45) is 1.43. The van der Waals surface area contributed by atoms with Gasteiger partial charge in [0.1, 0.15) is 0 Å². The van der Waals surface area contributed by atoms with Crippen molar-refractivity contribution in [2.24, 2.45) is 5.41 Å². The number of benzene rings is 2. The molecule has 2 aromatic carbocycles. The molecule has 2 aromatic rings. The Hall–Kier alpha value is -1.93. The molecule has 0 radical (unpaired) electrons. The third-order valence-corrected chi connectivity index (χ3v) is 4.10. The predicted molar refractivity (Wildman–Crippen MR) is 89.9 cm³/mol. The predicted octanol–water partition coefficient (Wildman–Crippen LogP) is 4.89. The molecule has 0 unspecified atom stereocenters. The van der Waals surface area contributed by atoms with Crippen molar-refractivity contribution < 1.29 is 9.53 Å². The first-order chi connectivity index (χ1) is 10.6. The van der Waals surface area contributed by atoms with Crippen LogP contribution in [-0.4, -0.2) is 12.4 Å². The van der Waals surface area contributed by atoms with Crippen molar-refractivity contribution in [2.75, 3.05) is 6.61 Å². The summed E-state index contributed by atoms with van der Waals surface area (Å²) in [5.41, 5.74) is 1.82. The molecular weight excluding hydrogens is 272 g/mol. The monoisotopic (exact) mass is 296 g/mol. The van der Waals surface area contributed by atoms with E-state index in [1.54, 1.807) is 0 Å². The summed E-state index contributed by atoms with van der Waals surface area (Å²) in [6.45, 7) is 5.43. The van der Waals surface area contributed by atoms with Gasteiger partial charge in [0.25, 0.3) is 0 Å². The van der Waals surface area contributed by atoms with Gasteiger partial charge in [-0.3, -0.25) is 4.79 Å². The maximum Gasteiger partial charge on any atom is 0.163 e. The Bertz CT molecular complexity index is 577. The van der Waals surface area contributed by atoms with Crippen LogP contribution in [0, 0.1) is 5.41 Å². The van der Waals surface area contributed by atoms with E-state index in [0.29, 0.717) is 19.6 Å². The Labute approximate surface area is 133 Å². The van der Waals surface area contributed by atoms with Crippen LogP contribution >= 0.6 is 0 Å². The second-order valence-electron chi connectivity index (χ2n) is 6.11. The lowest BCUT2D eigenvalue weighted by molar-refractivity contribution is 0.0343. The summed E-state index contributed by atoms with van der Waals surface area (Å²) in [6, 6.07) is 19.6. The van der Waals surface area contributed by atoms with Crippen LogP contribution in [0.25, 0.3) is 0 Å². The third-order valence-electron chi connectivity index (χ3n) is 4.10. The fourth-order valence-corrected chi connectivity index (χ4v) is 2.38. The Kier molecular flexibility index (Phi) is 5.91. The SMILES string of the molecule is CC[C@@](C)(COCc1ccccc1)CC(=O)c1ccccc1. The van der Waals surface area contributed by atoms with Crippen molar-refractivity contribution >= 4 is 5.78 Å². The van der Waals surface area contributed by atoms with Crippen LogP contribution in [-0.2, 0) is 11.3 Å². The molecule has 1 atom stereocenters. The van der Waals surface area contributed by atoms with Crippen LogP contribution < -0.4 is 0 Å². The number of ketones is 1. The smallest absolute Gasteiger partial charge is 0.163 e. The molecule has 22 heavy (non-hydrogen) atoms. The molecule has 0 aromatic heterocycles. The van der Waals surface area contributed by atoms with Crippen molar-refractivity contribution in [2.45, 2.75) is 33.3 Å². The third kappa shape index (κ3) is 4.81. The van der Waals surface area contributed by atoms with E-state index in [1.165, 1.54) is 0 Å². The Morgan fingerprint density at radius 1 is 1.00 bits per heavy atom. The number of carbonyl (C=O) groups excluding carboxylic acids is 1. The molecule has 0 saturated heterocycles. The van der Waals surface area contributed by atoms with Gasteiger partial charge in [0.2, 0.25) is 0 Å².